The summed E-state index contributed by atoms with van der Waals surface area (Å²) in [5.74, 6) is 1.05. The Morgan fingerprint density at radius 1 is 0.926 bits per heavy atom. The first kappa shape index (κ1) is 18.4. The van der Waals surface area contributed by atoms with Crippen LogP contribution < -0.4 is 4.74 Å². The maximum Gasteiger partial charge on any atom is 0.269 e. The van der Waals surface area contributed by atoms with Crippen molar-refractivity contribution in [2.45, 2.75) is 4.90 Å². The van der Waals surface area contributed by atoms with E-state index in [2.05, 4.69) is 4.99 Å². The highest BCUT2D eigenvalue weighted by atomic mass is 32.2. The zero-order chi connectivity index (χ0) is 18.9. The van der Waals surface area contributed by atoms with E-state index in [4.69, 9.17) is 4.74 Å². The highest BCUT2D eigenvalue weighted by Gasteiger charge is 2.05. The predicted molar refractivity (Wildman–Crippen MR) is 109 cm³/mol. The number of aliphatic imine (C=N–C) groups is 1. The number of non-ortho nitro benzene ring substituents is 1. The molecule has 0 aliphatic heterocycles. The number of thioether (sulfide) groups is 1. The van der Waals surface area contributed by atoms with E-state index in [9.17, 15) is 10.1 Å². The molecule has 0 amide bonds. The van der Waals surface area contributed by atoms with Gasteiger partial charge in [-0.1, -0.05) is 48.2 Å². The molecule has 27 heavy (non-hydrogen) atoms. The summed E-state index contributed by atoms with van der Waals surface area (Å²) in [6.45, 7) is 0. The molecule has 0 N–H and O–H groups in total. The van der Waals surface area contributed by atoms with E-state index in [0.717, 1.165) is 4.90 Å². The van der Waals surface area contributed by atoms with Crippen molar-refractivity contribution in [3.63, 3.8) is 0 Å². The normalized spacial score (nSPS) is 11.5. The van der Waals surface area contributed by atoms with Crippen LogP contribution in [0.25, 0.3) is 0 Å². The maximum absolute atomic E-state index is 10.8. The minimum atomic E-state index is -0.439. The third-order valence-electron chi connectivity index (χ3n) is 3.42. The lowest BCUT2D eigenvalue weighted by molar-refractivity contribution is -0.384. The number of nitro groups is 1. The Kier molecular flexibility index (Phi) is 6.38. The SMILES string of the molecule is O=[N+]([O-])c1ccc(N=C(C=CSc2ccccc2)Oc2ccccc2)cc1. The summed E-state index contributed by atoms with van der Waals surface area (Å²) in [4.78, 5) is 15.9. The maximum atomic E-state index is 10.8. The number of benzene rings is 3. The van der Waals surface area contributed by atoms with Crippen LogP contribution in [-0.4, -0.2) is 10.8 Å². The zero-order valence-electron chi connectivity index (χ0n) is 14.3. The Morgan fingerprint density at radius 3 is 2.19 bits per heavy atom. The molecule has 5 nitrogen and oxygen atoms in total. The highest BCUT2D eigenvalue weighted by Crippen LogP contribution is 2.21. The Hall–Kier alpha value is -3.38. The number of hydrogen-bond donors (Lipinski definition) is 0. The molecule has 0 unspecified atom stereocenters. The number of ether oxygens (including phenoxy) is 1. The van der Waals surface area contributed by atoms with Crippen LogP contribution in [0.2, 0.25) is 0 Å². The van der Waals surface area contributed by atoms with E-state index < -0.39 is 4.92 Å². The monoisotopic (exact) mass is 376 g/mol. The van der Waals surface area contributed by atoms with Gasteiger partial charge in [0.05, 0.1) is 10.6 Å². The van der Waals surface area contributed by atoms with Crippen LogP contribution in [0.5, 0.6) is 5.75 Å². The number of hydrogen-bond acceptors (Lipinski definition) is 5. The number of rotatable bonds is 6. The third-order valence-corrected chi connectivity index (χ3v) is 4.24. The van der Waals surface area contributed by atoms with Crippen molar-refractivity contribution >= 4 is 29.0 Å². The second-order valence-corrected chi connectivity index (χ2v) is 6.35. The van der Waals surface area contributed by atoms with Crippen LogP contribution in [0.4, 0.5) is 11.4 Å². The standard InChI is InChI=1S/C21H16N2O3S/c24-23(25)18-13-11-17(12-14-18)22-21(26-19-7-3-1-4-8-19)15-16-27-20-9-5-2-6-10-20/h1-16H. The third kappa shape index (κ3) is 5.83. The van der Waals surface area contributed by atoms with Crippen molar-refractivity contribution in [3.8, 4) is 5.75 Å². The molecule has 0 bridgehead atoms. The van der Waals surface area contributed by atoms with Gasteiger partial charge in [-0.15, -0.1) is 0 Å². The summed E-state index contributed by atoms with van der Waals surface area (Å²) in [7, 11) is 0. The van der Waals surface area contributed by atoms with E-state index in [1.807, 2.05) is 66.1 Å². The summed E-state index contributed by atoms with van der Waals surface area (Å²) >= 11 is 1.55. The average Bonchev–Trinajstić information content (AvgIpc) is 2.70. The Labute approximate surface area is 161 Å². The van der Waals surface area contributed by atoms with Gasteiger partial charge in [0.15, 0.2) is 0 Å². The smallest absolute Gasteiger partial charge is 0.269 e. The van der Waals surface area contributed by atoms with Crippen molar-refractivity contribution in [1.29, 1.82) is 0 Å². The Bertz CT molecular complexity index is 940. The quantitative estimate of drug-likeness (QED) is 0.174. The summed E-state index contributed by atoms with van der Waals surface area (Å²) in [5, 5.41) is 12.7. The molecule has 0 heterocycles. The van der Waals surface area contributed by atoms with E-state index in [1.54, 1.807) is 30.0 Å². The minimum Gasteiger partial charge on any atom is -0.439 e. The predicted octanol–water partition coefficient (Wildman–Crippen LogP) is 6.01. The van der Waals surface area contributed by atoms with Gasteiger partial charge in [-0.2, -0.15) is 0 Å². The molecule has 3 aromatic carbocycles. The second-order valence-electron chi connectivity index (χ2n) is 5.37. The molecule has 0 radical (unpaired) electrons. The lowest BCUT2D eigenvalue weighted by Crippen LogP contribution is -2.04. The molecular weight excluding hydrogens is 360 g/mol. The fourth-order valence-electron chi connectivity index (χ4n) is 2.15. The van der Waals surface area contributed by atoms with Gasteiger partial charge in [-0.25, -0.2) is 4.99 Å². The molecule has 0 saturated carbocycles. The fraction of sp³-hybridized carbons (Fsp3) is 0. The van der Waals surface area contributed by atoms with Crippen LogP contribution in [0.1, 0.15) is 0 Å². The van der Waals surface area contributed by atoms with Gasteiger partial charge >= 0.3 is 0 Å². The van der Waals surface area contributed by atoms with Crippen molar-refractivity contribution in [2.24, 2.45) is 4.99 Å². The van der Waals surface area contributed by atoms with Crippen LogP contribution in [-0.2, 0) is 0 Å². The van der Waals surface area contributed by atoms with Gasteiger partial charge in [0.1, 0.15) is 5.75 Å². The zero-order valence-corrected chi connectivity index (χ0v) is 15.1. The van der Waals surface area contributed by atoms with Crippen LogP contribution in [0.15, 0.2) is 106 Å². The lowest BCUT2D eigenvalue weighted by Gasteiger charge is -2.05. The largest absolute Gasteiger partial charge is 0.439 e. The number of nitro benzene ring substituents is 1. The number of nitrogens with zero attached hydrogens (tertiary/aromatic N) is 2. The molecule has 0 aromatic heterocycles. The fourth-order valence-corrected chi connectivity index (χ4v) is 2.81. The van der Waals surface area contributed by atoms with Crippen molar-refractivity contribution in [2.75, 3.05) is 0 Å². The van der Waals surface area contributed by atoms with Crippen LogP contribution in [0, 0.1) is 10.1 Å². The molecule has 3 rings (SSSR count). The first-order chi connectivity index (χ1) is 13.2. The molecular formula is C21H16N2O3S. The average molecular weight is 376 g/mol. The summed E-state index contributed by atoms with van der Waals surface area (Å²) in [6.07, 6.45) is 1.77. The second kappa shape index (κ2) is 9.35. The van der Waals surface area contributed by atoms with Crippen LogP contribution in [0.3, 0.4) is 0 Å². The molecule has 6 heteroatoms. The van der Waals surface area contributed by atoms with Gasteiger partial charge in [-0.3, -0.25) is 10.1 Å². The van der Waals surface area contributed by atoms with E-state index in [-0.39, 0.29) is 5.69 Å². The van der Waals surface area contributed by atoms with Gasteiger partial charge in [0, 0.05) is 23.1 Å². The van der Waals surface area contributed by atoms with Crippen molar-refractivity contribution < 1.29 is 9.66 Å². The lowest BCUT2D eigenvalue weighted by atomic mass is 10.3. The van der Waals surface area contributed by atoms with E-state index in [0.29, 0.717) is 17.3 Å². The van der Waals surface area contributed by atoms with Crippen LogP contribution >= 0.6 is 11.8 Å². The van der Waals surface area contributed by atoms with Gasteiger partial charge in [-0.05, 0) is 41.8 Å². The molecule has 0 aliphatic rings. The van der Waals surface area contributed by atoms with Gasteiger partial charge in [0.25, 0.3) is 5.69 Å². The molecule has 0 fully saturated rings. The molecule has 0 spiro atoms. The first-order valence-electron chi connectivity index (χ1n) is 8.15. The Morgan fingerprint density at radius 2 is 1.56 bits per heavy atom. The van der Waals surface area contributed by atoms with E-state index in [1.165, 1.54) is 12.1 Å². The topological polar surface area (TPSA) is 64.7 Å². The van der Waals surface area contributed by atoms with Gasteiger partial charge < -0.3 is 4.74 Å². The molecule has 0 aliphatic carbocycles. The summed E-state index contributed by atoms with van der Waals surface area (Å²) < 4.78 is 5.85. The minimum absolute atomic E-state index is 0.0228. The molecule has 134 valence electrons. The Balaban J connectivity index is 1.81. The highest BCUT2D eigenvalue weighted by molar-refractivity contribution is 8.02. The molecule has 3 aromatic rings. The molecule has 0 saturated heterocycles. The molecule has 0 atom stereocenters. The van der Waals surface area contributed by atoms with E-state index >= 15 is 0 Å². The number of para-hydroxylation sites is 1. The summed E-state index contributed by atoms with van der Waals surface area (Å²) in [6, 6.07) is 25.3. The van der Waals surface area contributed by atoms with Crippen molar-refractivity contribution in [1.82, 2.24) is 0 Å². The van der Waals surface area contributed by atoms with Crippen molar-refractivity contribution in [3.05, 3.63) is 107 Å². The first-order valence-corrected chi connectivity index (χ1v) is 9.03. The summed E-state index contributed by atoms with van der Waals surface area (Å²) in [5.41, 5.74) is 0.593. The van der Waals surface area contributed by atoms with Gasteiger partial charge in [0.2, 0.25) is 5.90 Å².